The van der Waals surface area contributed by atoms with Crippen molar-refractivity contribution in [3.8, 4) is 11.5 Å². The maximum Gasteiger partial charge on any atom is 0.356 e. The van der Waals surface area contributed by atoms with Crippen molar-refractivity contribution in [2.45, 2.75) is 32.5 Å². The number of aryl methyl sites for hydroxylation is 1. The van der Waals surface area contributed by atoms with E-state index in [2.05, 4.69) is 17.6 Å². The fourth-order valence-corrected chi connectivity index (χ4v) is 3.15. The lowest BCUT2D eigenvalue weighted by Gasteiger charge is -2.14. The predicted molar refractivity (Wildman–Crippen MR) is 101 cm³/mol. The molecular formula is C20H26N3O3+. The Labute approximate surface area is 153 Å². The number of nitrogens with zero attached hydrogens (tertiary/aromatic N) is 2. The number of rotatable bonds is 8. The van der Waals surface area contributed by atoms with Gasteiger partial charge in [0.1, 0.15) is 30.3 Å². The third-order valence-electron chi connectivity index (χ3n) is 4.36. The Bertz CT molecular complexity index is 876. The lowest BCUT2D eigenvalue weighted by atomic mass is 10.3. The largest absolute Gasteiger partial charge is 0.493 e. The van der Waals surface area contributed by atoms with Crippen molar-refractivity contribution in [1.29, 1.82) is 0 Å². The van der Waals surface area contributed by atoms with Gasteiger partial charge in [-0.25, -0.2) is 9.13 Å². The van der Waals surface area contributed by atoms with Crippen LogP contribution in [0.5, 0.6) is 11.5 Å². The molecule has 0 spiro atoms. The van der Waals surface area contributed by atoms with Crippen molar-refractivity contribution in [2.24, 2.45) is 0 Å². The van der Waals surface area contributed by atoms with Crippen LogP contribution in [-0.2, 0) is 13.1 Å². The molecule has 1 atom stereocenters. The summed E-state index contributed by atoms with van der Waals surface area (Å²) in [6.07, 6.45) is 0.288. The molecule has 0 fully saturated rings. The van der Waals surface area contributed by atoms with Gasteiger partial charge in [0.15, 0.2) is 11.5 Å². The predicted octanol–water partition coefficient (Wildman–Crippen LogP) is 2.37. The average Bonchev–Trinajstić information content (AvgIpc) is 2.93. The topological polar surface area (TPSA) is 73.5 Å². The van der Waals surface area contributed by atoms with Gasteiger partial charge in [-0.05, 0) is 30.7 Å². The van der Waals surface area contributed by atoms with Crippen LogP contribution in [0, 0.1) is 0 Å². The first-order valence-electron chi connectivity index (χ1n) is 8.86. The maximum atomic E-state index is 10.5. The Morgan fingerprint density at radius 3 is 2.54 bits per heavy atom. The molecule has 1 aromatic heterocycles. The van der Waals surface area contributed by atoms with Crippen LogP contribution in [0.3, 0.4) is 0 Å². The zero-order valence-electron chi connectivity index (χ0n) is 15.3. The van der Waals surface area contributed by atoms with Gasteiger partial charge in [-0.3, -0.25) is 5.73 Å². The van der Waals surface area contributed by atoms with Gasteiger partial charge in [0, 0.05) is 0 Å². The van der Waals surface area contributed by atoms with E-state index < -0.39 is 6.10 Å². The van der Waals surface area contributed by atoms with Crippen molar-refractivity contribution < 1.29 is 19.1 Å². The van der Waals surface area contributed by atoms with Crippen LogP contribution in [-0.4, -0.2) is 29.5 Å². The highest BCUT2D eigenvalue weighted by Gasteiger charge is 2.22. The summed E-state index contributed by atoms with van der Waals surface area (Å²) in [7, 11) is 1.60. The first-order chi connectivity index (χ1) is 12.7. The van der Waals surface area contributed by atoms with Gasteiger partial charge < -0.3 is 14.6 Å². The van der Waals surface area contributed by atoms with Gasteiger partial charge in [-0.1, -0.05) is 31.2 Å². The smallest absolute Gasteiger partial charge is 0.356 e. The Hall–Kier alpha value is -2.73. The molecule has 138 valence electrons. The molecule has 0 saturated carbocycles. The molecule has 3 rings (SSSR count). The number of anilines is 1. The molecule has 0 aliphatic rings. The molecule has 2 aromatic carbocycles. The van der Waals surface area contributed by atoms with E-state index in [1.54, 1.807) is 7.11 Å². The molecular weight excluding hydrogens is 330 g/mol. The summed E-state index contributed by atoms with van der Waals surface area (Å²) in [4.78, 5) is 0. The van der Waals surface area contributed by atoms with E-state index in [1.807, 2.05) is 47.0 Å². The van der Waals surface area contributed by atoms with Crippen molar-refractivity contribution in [3.63, 3.8) is 0 Å². The minimum atomic E-state index is -0.701. The third-order valence-corrected chi connectivity index (χ3v) is 4.36. The van der Waals surface area contributed by atoms with Crippen molar-refractivity contribution in [3.05, 3.63) is 48.5 Å². The van der Waals surface area contributed by atoms with Gasteiger partial charge in [-0.15, -0.1) is 0 Å². The lowest BCUT2D eigenvalue weighted by molar-refractivity contribution is -0.665. The second kappa shape index (κ2) is 8.10. The number of hydrogen-bond donors (Lipinski definition) is 2. The summed E-state index contributed by atoms with van der Waals surface area (Å²) in [5, 5.41) is 10.5. The Balaban J connectivity index is 1.77. The number of fused-ring (bicyclic) bond motifs is 1. The summed E-state index contributed by atoms with van der Waals surface area (Å²) in [5.74, 6) is 1.90. The molecule has 6 heteroatoms. The van der Waals surface area contributed by atoms with Crippen LogP contribution < -0.4 is 19.8 Å². The van der Waals surface area contributed by atoms with Gasteiger partial charge in [0.2, 0.25) is 0 Å². The fourth-order valence-electron chi connectivity index (χ4n) is 3.15. The van der Waals surface area contributed by atoms with E-state index in [4.69, 9.17) is 15.2 Å². The number of hydrogen-bond acceptors (Lipinski definition) is 4. The Kier molecular flexibility index (Phi) is 5.63. The second-order valence-electron chi connectivity index (χ2n) is 6.22. The highest BCUT2D eigenvalue weighted by molar-refractivity contribution is 5.73. The number of imidazole rings is 1. The van der Waals surface area contributed by atoms with Crippen LogP contribution in [0.25, 0.3) is 11.0 Å². The molecule has 0 aliphatic heterocycles. The van der Waals surface area contributed by atoms with E-state index in [0.717, 1.165) is 24.0 Å². The number of ether oxygens (including phenoxy) is 2. The highest BCUT2D eigenvalue weighted by Crippen LogP contribution is 2.25. The van der Waals surface area contributed by atoms with Crippen LogP contribution in [0.15, 0.2) is 48.5 Å². The first kappa shape index (κ1) is 18.1. The number of aliphatic hydroxyl groups is 1. The normalized spacial score (nSPS) is 12.3. The molecule has 0 amide bonds. The van der Waals surface area contributed by atoms with Gasteiger partial charge in [-0.2, -0.15) is 0 Å². The zero-order chi connectivity index (χ0) is 18.5. The van der Waals surface area contributed by atoms with Crippen molar-refractivity contribution >= 4 is 17.0 Å². The SMILES string of the molecule is CCCn1c(N)[n+](C[C@H](O)COc2ccccc2OC)c2ccccc21. The molecule has 3 aromatic rings. The summed E-state index contributed by atoms with van der Waals surface area (Å²) < 4.78 is 15.0. The number of aromatic nitrogens is 2. The lowest BCUT2D eigenvalue weighted by Crippen LogP contribution is -2.43. The quantitative estimate of drug-likeness (QED) is 0.608. The van der Waals surface area contributed by atoms with E-state index in [-0.39, 0.29) is 6.61 Å². The molecule has 0 unspecified atom stereocenters. The number of aliphatic hydroxyl groups excluding tert-OH is 1. The Morgan fingerprint density at radius 2 is 1.81 bits per heavy atom. The molecule has 0 bridgehead atoms. The van der Waals surface area contributed by atoms with Gasteiger partial charge in [0.25, 0.3) is 0 Å². The molecule has 0 radical (unpaired) electrons. The second-order valence-corrected chi connectivity index (χ2v) is 6.22. The summed E-state index contributed by atoms with van der Waals surface area (Å²) in [6.45, 7) is 3.47. The number of para-hydroxylation sites is 4. The average molecular weight is 356 g/mol. The molecule has 6 nitrogen and oxygen atoms in total. The van der Waals surface area contributed by atoms with E-state index >= 15 is 0 Å². The van der Waals surface area contributed by atoms with Crippen molar-refractivity contribution in [2.75, 3.05) is 19.5 Å². The summed E-state index contributed by atoms with van der Waals surface area (Å²) >= 11 is 0. The molecule has 0 saturated heterocycles. The molecule has 0 aliphatic carbocycles. The number of nitrogens with two attached hydrogens (primary N) is 1. The molecule has 1 heterocycles. The van der Waals surface area contributed by atoms with Gasteiger partial charge in [0.05, 0.1) is 13.7 Å². The van der Waals surface area contributed by atoms with E-state index in [1.165, 1.54) is 0 Å². The van der Waals surface area contributed by atoms with Gasteiger partial charge >= 0.3 is 5.95 Å². The van der Waals surface area contributed by atoms with Crippen LogP contribution in [0.1, 0.15) is 13.3 Å². The van der Waals surface area contributed by atoms with Crippen LogP contribution in [0.2, 0.25) is 0 Å². The number of nitrogen functional groups attached to an aromatic ring is 1. The van der Waals surface area contributed by atoms with E-state index in [9.17, 15) is 5.11 Å². The zero-order valence-corrected chi connectivity index (χ0v) is 15.3. The fraction of sp³-hybridized carbons (Fsp3) is 0.350. The number of benzene rings is 2. The maximum absolute atomic E-state index is 10.5. The first-order valence-corrected chi connectivity index (χ1v) is 8.86. The van der Waals surface area contributed by atoms with E-state index in [0.29, 0.717) is 24.0 Å². The molecule has 26 heavy (non-hydrogen) atoms. The minimum absolute atomic E-state index is 0.153. The van der Waals surface area contributed by atoms with Crippen molar-refractivity contribution in [1.82, 2.24) is 4.57 Å². The number of methoxy groups -OCH3 is 1. The molecule has 3 N–H and O–H groups in total. The summed E-state index contributed by atoms with van der Waals surface area (Å²) in [5.41, 5.74) is 8.44. The van der Waals surface area contributed by atoms with Crippen LogP contribution >= 0.6 is 0 Å². The summed E-state index contributed by atoms with van der Waals surface area (Å²) in [6, 6.07) is 15.4. The Morgan fingerprint density at radius 1 is 1.12 bits per heavy atom. The standard InChI is InChI=1S/C20H25N3O3/c1-3-12-22-16-8-4-5-9-17(16)23(20(22)21)13-15(24)14-26-19-11-7-6-10-18(19)25-2/h4-11,15,21,24H,3,12-14H2,1-2H3/p+1/t15-/m0/s1. The third kappa shape index (κ3) is 3.60. The highest BCUT2D eigenvalue weighted by atomic mass is 16.5. The monoisotopic (exact) mass is 356 g/mol. The van der Waals surface area contributed by atoms with Crippen LogP contribution in [0.4, 0.5) is 5.95 Å². The minimum Gasteiger partial charge on any atom is -0.493 e.